The molecule has 0 saturated heterocycles. The average Bonchev–Trinajstić information content (AvgIpc) is 3.27. The van der Waals surface area contributed by atoms with Gasteiger partial charge < -0.3 is 19.3 Å². The lowest BCUT2D eigenvalue weighted by Crippen LogP contribution is -2.54. The van der Waals surface area contributed by atoms with Gasteiger partial charge in [-0.1, -0.05) is 42.5 Å². The number of aryl methyl sites for hydroxylation is 3. The van der Waals surface area contributed by atoms with Crippen LogP contribution in [0.2, 0.25) is 0 Å². The van der Waals surface area contributed by atoms with Gasteiger partial charge in [0.25, 0.3) is 11.8 Å². The highest BCUT2D eigenvalue weighted by Crippen LogP contribution is 2.52. The number of para-hydroxylation sites is 1. The van der Waals surface area contributed by atoms with Crippen LogP contribution < -0.4 is 10.3 Å². The summed E-state index contributed by atoms with van der Waals surface area (Å²) in [4.78, 5) is 45.4. The number of hydrogen-bond donors (Lipinski definition) is 1. The molecule has 3 aromatic carbocycles. The summed E-state index contributed by atoms with van der Waals surface area (Å²) in [5.74, 6) is -1.13. The van der Waals surface area contributed by atoms with Crippen LogP contribution in [0.15, 0.2) is 69.9 Å². The van der Waals surface area contributed by atoms with E-state index in [0.717, 1.165) is 22.3 Å². The number of benzene rings is 3. The molecule has 3 heterocycles. The van der Waals surface area contributed by atoms with Gasteiger partial charge in [0.2, 0.25) is 5.76 Å². The van der Waals surface area contributed by atoms with Gasteiger partial charge in [-0.3, -0.25) is 14.4 Å². The fourth-order valence-electron chi connectivity index (χ4n) is 5.76. The summed E-state index contributed by atoms with van der Waals surface area (Å²) in [7, 11) is 0. The molecule has 0 fully saturated rings. The Balaban J connectivity index is 1.67. The molecule has 1 N–H and O–H groups in total. The number of β-amino-alcohol motifs (C(OH)–C–C–N with tert-alkyl or cyclic N) is 1. The summed E-state index contributed by atoms with van der Waals surface area (Å²) in [5.41, 5.74) is 3.17. The zero-order valence-corrected chi connectivity index (χ0v) is 20.9. The molecule has 2 amide bonds. The van der Waals surface area contributed by atoms with E-state index in [1.165, 1.54) is 4.90 Å². The molecule has 0 bridgehead atoms. The summed E-state index contributed by atoms with van der Waals surface area (Å²) >= 11 is 0. The standard InChI is InChI=1S/C30H26N2O5/c1-17-8-4-5-9-20(17)16-31-23-11-7-6-10-22(23)30(29(31)36)25-26(34)21-14-18(2)19(3)15-24(21)37-27(25)28(35)32(30)12-13-33/h4-11,14-15,33H,12-13,16H2,1-3H3. The highest BCUT2D eigenvalue weighted by molar-refractivity contribution is 6.17. The number of hydrogen-bond acceptors (Lipinski definition) is 5. The second-order valence-electron chi connectivity index (χ2n) is 9.79. The minimum atomic E-state index is -1.72. The van der Waals surface area contributed by atoms with Crippen LogP contribution >= 0.6 is 0 Å². The second-order valence-corrected chi connectivity index (χ2v) is 9.79. The predicted octanol–water partition coefficient (Wildman–Crippen LogP) is 3.96. The molecular formula is C30H26N2O5. The van der Waals surface area contributed by atoms with Crippen molar-refractivity contribution >= 4 is 28.5 Å². The number of aliphatic hydroxyl groups excluding tert-OH is 1. The summed E-state index contributed by atoms with van der Waals surface area (Å²) < 4.78 is 6.09. The van der Waals surface area contributed by atoms with Gasteiger partial charge in [-0.2, -0.15) is 0 Å². The van der Waals surface area contributed by atoms with Gasteiger partial charge in [-0.15, -0.1) is 0 Å². The smallest absolute Gasteiger partial charge is 0.291 e. The Kier molecular flexibility index (Phi) is 5.10. The van der Waals surface area contributed by atoms with E-state index in [-0.39, 0.29) is 31.0 Å². The van der Waals surface area contributed by atoms with Gasteiger partial charge in [-0.25, -0.2) is 0 Å². The number of carbonyl (C=O) groups excluding carboxylic acids is 2. The van der Waals surface area contributed by atoms with Crippen molar-refractivity contribution < 1.29 is 19.1 Å². The monoisotopic (exact) mass is 494 g/mol. The Morgan fingerprint density at radius 3 is 2.35 bits per heavy atom. The van der Waals surface area contributed by atoms with Gasteiger partial charge in [0, 0.05) is 12.1 Å². The van der Waals surface area contributed by atoms with Crippen LogP contribution in [0.4, 0.5) is 5.69 Å². The lowest BCUT2D eigenvalue weighted by atomic mass is 9.84. The molecule has 1 unspecified atom stereocenters. The highest BCUT2D eigenvalue weighted by atomic mass is 16.3. The highest BCUT2D eigenvalue weighted by Gasteiger charge is 2.64. The van der Waals surface area contributed by atoms with Crippen LogP contribution in [0.5, 0.6) is 0 Å². The number of aliphatic hydroxyl groups is 1. The maximum Gasteiger partial charge on any atom is 0.291 e. The van der Waals surface area contributed by atoms with Crippen LogP contribution in [-0.4, -0.2) is 35.0 Å². The molecular weight excluding hydrogens is 468 g/mol. The van der Waals surface area contributed by atoms with Crippen molar-refractivity contribution in [1.29, 1.82) is 0 Å². The summed E-state index contributed by atoms with van der Waals surface area (Å²) in [6, 6.07) is 18.5. The molecule has 186 valence electrons. The zero-order chi connectivity index (χ0) is 26.1. The molecule has 2 aliphatic rings. The van der Waals surface area contributed by atoms with Crippen molar-refractivity contribution in [2.75, 3.05) is 18.1 Å². The number of anilines is 1. The van der Waals surface area contributed by atoms with Crippen molar-refractivity contribution in [3.63, 3.8) is 0 Å². The lowest BCUT2D eigenvalue weighted by molar-refractivity contribution is -0.126. The van der Waals surface area contributed by atoms with E-state index in [9.17, 15) is 19.5 Å². The Morgan fingerprint density at radius 1 is 0.892 bits per heavy atom. The first-order chi connectivity index (χ1) is 17.8. The summed E-state index contributed by atoms with van der Waals surface area (Å²) in [5, 5.41) is 10.3. The first kappa shape index (κ1) is 23.2. The van der Waals surface area contributed by atoms with Crippen molar-refractivity contribution in [3.8, 4) is 0 Å². The average molecular weight is 495 g/mol. The molecule has 7 nitrogen and oxygen atoms in total. The third-order valence-corrected chi connectivity index (χ3v) is 7.77. The topological polar surface area (TPSA) is 91.1 Å². The van der Waals surface area contributed by atoms with E-state index in [1.54, 1.807) is 29.2 Å². The Labute approximate surface area is 213 Å². The maximum atomic E-state index is 14.6. The fourth-order valence-corrected chi connectivity index (χ4v) is 5.76. The first-order valence-corrected chi connectivity index (χ1v) is 12.3. The number of carbonyl (C=O) groups is 2. The van der Waals surface area contributed by atoms with Crippen LogP contribution in [0.25, 0.3) is 11.0 Å². The van der Waals surface area contributed by atoms with E-state index >= 15 is 0 Å². The Morgan fingerprint density at radius 2 is 1.59 bits per heavy atom. The SMILES string of the molecule is Cc1cc2oc3c(c(=O)c2cc1C)C1(C(=O)N(Cc2ccccc2C)c2ccccc21)N(CCO)C3=O. The van der Waals surface area contributed by atoms with Crippen LogP contribution in [-0.2, 0) is 16.9 Å². The lowest BCUT2D eigenvalue weighted by Gasteiger charge is -2.33. The van der Waals surface area contributed by atoms with Crippen LogP contribution in [0, 0.1) is 20.8 Å². The Bertz CT molecular complexity index is 1690. The van der Waals surface area contributed by atoms with Gasteiger partial charge in [0.05, 0.1) is 29.8 Å². The van der Waals surface area contributed by atoms with Crippen LogP contribution in [0.1, 0.15) is 43.9 Å². The molecule has 4 aromatic rings. The summed E-state index contributed by atoms with van der Waals surface area (Å²) in [6.07, 6.45) is 0. The summed E-state index contributed by atoms with van der Waals surface area (Å²) in [6.45, 7) is 5.56. The quantitative estimate of drug-likeness (QED) is 0.464. The van der Waals surface area contributed by atoms with E-state index < -0.39 is 22.8 Å². The third kappa shape index (κ3) is 3.01. The van der Waals surface area contributed by atoms with E-state index in [4.69, 9.17) is 4.42 Å². The number of amides is 2. The third-order valence-electron chi connectivity index (χ3n) is 7.77. The molecule has 37 heavy (non-hydrogen) atoms. The zero-order valence-electron chi connectivity index (χ0n) is 20.9. The maximum absolute atomic E-state index is 14.6. The molecule has 1 atom stereocenters. The Hall–Kier alpha value is -4.23. The molecule has 1 aromatic heterocycles. The van der Waals surface area contributed by atoms with Gasteiger partial charge in [0.15, 0.2) is 11.0 Å². The van der Waals surface area contributed by atoms with Gasteiger partial charge >= 0.3 is 0 Å². The van der Waals surface area contributed by atoms with Gasteiger partial charge in [-0.05, 0) is 61.2 Å². The minimum Gasteiger partial charge on any atom is -0.450 e. The number of rotatable bonds is 4. The van der Waals surface area contributed by atoms with Crippen molar-refractivity contribution in [3.05, 3.63) is 110 Å². The largest absolute Gasteiger partial charge is 0.450 e. The van der Waals surface area contributed by atoms with E-state index in [1.807, 2.05) is 57.2 Å². The number of nitrogens with zero attached hydrogens (tertiary/aromatic N) is 2. The van der Waals surface area contributed by atoms with Crippen LogP contribution in [0.3, 0.4) is 0 Å². The first-order valence-electron chi connectivity index (χ1n) is 12.3. The van der Waals surface area contributed by atoms with E-state index in [0.29, 0.717) is 22.2 Å². The van der Waals surface area contributed by atoms with E-state index in [2.05, 4.69) is 0 Å². The predicted molar refractivity (Wildman–Crippen MR) is 140 cm³/mol. The second kappa shape index (κ2) is 8.15. The fraction of sp³-hybridized carbons (Fsp3) is 0.233. The number of fused-ring (bicyclic) bond motifs is 5. The minimum absolute atomic E-state index is 0.0198. The molecule has 6 rings (SSSR count). The normalized spacial score (nSPS) is 18.3. The molecule has 7 heteroatoms. The van der Waals surface area contributed by atoms with Gasteiger partial charge in [0.1, 0.15) is 5.58 Å². The van der Waals surface area contributed by atoms with Crippen molar-refractivity contribution in [1.82, 2.24) is 4.90 Å². The molecule has 1 spiro atoms. The molecule has 0 aliphatic carbocycles. The van der Waals surface area contributed by atoms with Crippen molar-refractivity contribution in [2.24, 2.45) is 0 Å². The van der Waals surface area contributed by atoms with Crippen molar-refractivity contribution in [2.45, 2.75) is 32.9 Å². The molecule has 2 aliphatic heterocycles. The molecule has 0 radical (unpaired) electrons. The molecule has 0 saturated carbocycles.